The highest BCUT2D eigenvalue weighted by Gasteiger charge is 2.22. The van der Waals surface area contributed by atoms with Gasteiger partial charge in [0.1, 0.15) is 0 Å². The van der Waals surface area contributed by atoms with Crippen LogP contribution in [0.4, 0.5) is 5.13 Å². The number of carbonyl (C=O) groups excluding carboxylic acids is 1. The fourth-order valence-corrected chi connectivity index (χ4v) is 4.86. The zero-order chi connectivity index (χ0) is 22.7. The number of aromatic nitrogens is 1. The summed E-state index contributed by atoms with van der Waals surface area (Å²) in [4.78, 5) is 21.6. The third-order valence-electron chi connectivity index (χ3n) is 5.50. The number of fused-ring (bicyclic) bond motifs is 1. The number of hydrogen-bond donors (Lipinski definition) is 0. The Hall–Kier alpha value is -3.26. The van der Waals surface area contributed by atoms with Gasteiger partial charge in [-0.2, -0.15) is 0 Å². The van der Waals surface area contributed by atoms with Gasteiger partial charge in [0.2, 0.25) is 11.7 Å². The standard InChI is InChI=1S/C24H27N3O4S/c1-16-5-7-18-21(13-16)32-24(25-18)27-11-9-26(10-12-27)22(28)8-6-17-14-19(29-2)23(31-4)20(15-17)30-3/h5-8,13-15H,9-12H2,1-4H3/b8-6-. The second-order valence-corrected chi connectivity index (χ2v) is 8.58. The van der Waals surface area contributed by atoms with Crippen molar-refractivity contribution in [1.29, 1.82) is 0 Å². The van der Waals surface area contributed by atoms with E-state index in [4.69, 9.17) is 19.2 Å². The molecule has 168 valence electrons. The van der Waals surface area contributed by atoms with Crippen LogP contribution in [0.3, 0.4) is 0 Å². The van der Waals surface area contributed by atoms with E-state index in [1.165, 1.54) is 10.3 Å². The maximum atomic E-state index is 12.7. The Morgan fingerprint density at radius 3 is 2.31 bits per heavy atom. The Morgan fingerprint density at radius 1 is 1.00 bits per heavy atom. The fourth-order valence-electron chi connectivity index (χ4n) is 3.74. The molecule has 1 aliphatic rings. The third-order valence-corrected chi connectivity index (χ3v) is 6.58. The van der Waals surface area contributed by atoms with E-state index in [1.54, 1.807) is 44.8 Å². The lowest BCUT2D eigenvalue weighted by molar-refractivity contribution is -0.126. The molecule has 2 aromatic carbocycles. The van der Waals surface area contributed by atoms with Crippen LogP contribution in [0.2, 0.25) is 0 Å². The van der Waals surface area contributed by atoms with E-state index >= 15 is 0 Å². The van der Waals surface area contributed by atoms with Crippen molar-refractivity contribution in [1.82, 2.24) is 9.88 Å². The number of ether oxygens (including phenoxy) is 3. The molecule has 3 aromatic rings. The second-order valence-electron chi connectivity index (χ2n) is 7.57. The summed E-state index contributed by atoms with van der Waals surface area (Å²) in [5.41, 5.74) is 3.07. The van der Waals surface area contributed by atoms with Crippen molar-refractivity contribution >= 4 is 38.7 Å². The van der Waals surface area contributed by atoms with Gasteiger partial charge in [0.25, 0.3) is 0 Å². The van der Waals surface area contributed by atoms with Crippen LogP contribution in [0.1, 0.15) is 11.1 Å². The van der Waals surface area contributed by atoms with Gasteiger partial charge < -0.3 is 24.0 Å². The average Bonchev–Trinajstić information content (AvgIpc) is 3.25. The maximum absolute atomic E-state index is 12.7. The summed E-state index contributed by atoms with van der Waals surface area (Å²) in [6.07, 6.45) is 3.37. The molecule has 7 nitrogen and oxygen atoms in total. The number of amides is 1. The van der Waals surface area contributed by atoms with E-state index in [1.807, 2.05) is 17.0 Å². The predicted octanol–water partition coefficient (Wildman–Crippen LogP) is 3.99. The van der Waals surface area contributed by atoms with E-state index in [0.717, 1.165) is 29.3 Å². The monoisotopic (exact) mass is 453 g/mol. The molecule has 0 unspecified atom stereocenters. The summed E-state index contributed by atoms with van der Waals surface area (Å²) in [5, 5.41) is 1.02. The van der Waals surface area contributed by atoms with E-state index < -0.39 is 0 Å². The summed E-state index contributed by atoms with van der Waals surface area (Å²) in [7, 11) is 4.71. The SMILES string of the molecule is COc1cc(/C=C\C(=O)N2CCN(c3nc4ccc(C)cc4s3)CC2)cc(OC)c1OC. The smallest absolute Gasteiger partial charge is 0.246 e. The Labute approximate surface area is 191 Å². The number of hydrogen-bond acceptors (Lipinski definition) is 7. The van der Waals surface area contributed by atoms with Crippen LogP contribution < -0.4 is 19.1 Å². The normalized spacial score (nSPS) is 14.2. The van der Waals surface area contributed by atoms with Gasteiger partial charge in [-0.25, -0.2) is 4.98 Å². The number of nitrogens with zero attached hydrogens (tertiary/aromatic N) is 3. The van der Waals surface area contributed by atoms with Crippen molar-refractivity contribution in [3.8, 4) is 17.2 Å². The Bertz CT molecular complexity index is 1120. The van der Waals surface area contributed by atoms with Crippen LogP contribution in [0, 0.1) is 6.92 Å². The number of anilines is 1. The van der Waals surface area contributed by atoms with Gasteiger partial charge in [0.15, 0.2) is 16.6 Å². The van der Waals surface area contributed by atoms with Gasteiger partial charge in [0.05, 0.1) is 31.5 Å². The first kappa shape index (κ1) is 22.0. The topological polar surface area (TPSA) is 64.1 Å². The molecule has 32 heavy (non-hydrogen) atoms. The van der Waals surface area contributed by atoms with E-state index in [2.05, 4.69) is 30.0 Å². The van der Waals surface area contributed by atoms with Crippen LogP contribution >= 0.6 is 11.3 Å². The number of carbonyl (C=O) groups is 1. The lowest BCUT2D eigenvalue weighted by Crippen LogP contribution is -2.48. The summed E-state index contributed by atoms with van der Waals surface area (Å²) in [6, 6.07) is 9.96. The van der Waals surface area contributed by atoms with Crippen molar-refractivity contribution in [2.24, 2.45) is 0 Å². The van der Waals surface area contributed by atoms with Gasteiger partial charge >= 0.3 is 0 Å². The minimum absolute atomic E-state index is 0.0154. The third kappa shape index (κ3) is 4.50. The van der Waals surface area contributed by atoms with E-state index in [-0.39, 0.29) is 5.91 Å². The number of aryl methyl sites for hydroxylation is 1. The Kier molecular flexibility index (Phi) is 6.50. The quantitative estimate of drug-likeness (QED) is 0.526. The number of methoxy groups -OCH3 is 3. The number of thiazole rings is 1. The van der Waals surface area contributed by atoms with Crippen LogP contribution in [0.5, 0.6) is 17.2 Å². The van der Waals surface area contributed by atoms with Gasteiger partial charge in [-0.3, -0.25) is 4.79 Å². The first-order chi connectivity index (χ1) is 15.5. The average molecular weight is 454 g/mol. The molecule has 0 bridgehead atoms. The summed E-state index contributed by atoms with van der Waals surface area (Å²) in [5.74, 6) is 1.62. The Morgan fingerprint density at radius 2 is 1.69 bits per heavy atom. The lowest BCUT2D eigenvalue weighted by atomic mass is 10.1. The summed E-state index contributed by atoms with van der Waals surface area (Å²) >= 11 is 1.71. The van der Waals surface area contributed by atoms with E-state index in [9.17, 15) is 4.79 Å². The highest BCUT2D eigenvalue weighted by Crippen LogP contribution is 2.38. The van der Waals surface area contributed by atoms with Crippen molar-refractivity contribution in [2.45, 2.75) is 6.92 Å². The summed E-state index contributed by atoms with van der Waals surface area (Å²) < 4.78 is 17.3. The Balaban J connectivity index is 1.40. The van der Waals surface area contributed by atoms with Gasteiger partial charge in [-0.05, 0) is 48.4 Å². The van der Waals surface area contributed by atoms with Gasteiger partial charge in [-0.1, -0.05) is 17.4 Å². The van der Waals surface area contributed by atoms with Crippen molar-refractivity contribution in [3.63, 3.8) is 0 Å². The molecule has 8 heteroatoms. The molecule has 1 aliphatic heterocycles. The van der Waals surface area contributed by atoms with Gasteiger partial charge in [-0.15, -0.1) is 0 Å². The molecule has 2 heterocycles. The lowest BCUT2D eigenvalue weighted by Gasteiger charge is -2.34. The maximum Gasteiger partial charge on any atom is 0.246 e. The van der Waals surface area contributed by atoms with Crippen molar-refractivity contribution in [3.05, 3.63) is 47.5 Å². The van der Waals surface area contributed by atoms with Crippen molar-refractivity contribution < 1.29 is 19.0 Å². The number of piperazine rings is 1. The number of rotatable bonds is 6. The van der Waals surface area contributed by atoms with Crippen molar-refractivity contribution in [2.75, 3.05) is 52.4 Å². The minimum atomic E-state index is -0.0154. The molecular formula is C24H27N3O4S. The molecule has 4 rings (SSSR count). The first-order valence-electron chi connectivity index (χ1n) is 10.4. The molecule has 0 aliphatic carbocycles. The van der Waals surface area contributed by atoms with Crippen LogP contribution in [-0.2, 0) is 4.79 Å². The molecule has 0 radical (unpaired) electrons. The molecule has 1 fully saturated rings. The zero-order valence-corrected chi connectivity index (χ0v) is 19.6. The minimum Gasteiger partial charge on any atom is -0.493 e. The molecule has 0 atom stereocenters. The van der Waals surface area contributed by atoms with Crippen LogP contribution in [0.15, 0.2) is 36.4 Å². The van der Waals surface area contributed by atoms with E-state index in [0.29, 0.717) is 30.3 Å². The molecule has 0 N–H and O–H groups in total. The zero-order valence-electron chi connectivity index (χ0n) is 18.8. The fraction of sp³-hybridized carbons (Fsp3) is 0.333. The largest absolute Gasteiger partial charge is 0.493 e. The predicted molar refractivity (Wildman–Crippen MR) is 128 cm³/mol. The van der Waals surface area contributed by atoms with Crippen LogP contribution in [0.25, 0.3) is 16.3 Å². The highest BCUT2D eigenvalue weighted by molar-refractivity contribution is 7.22. The molecule has 1 amide bonds. The summed E-state index contributed by atoms with van der Waals surface area (Å²) in [6.45, 7) is 4.95. The highest BCUT2D eigenvalue weighted by atomic mass is 32.1. The molecule has 1 aromatic heterocycles. The van der Waals surface area contributed by atoms with Crippen LogP contribution in [-0.4, -0.2) is 63.3 Å². The second kappa shape index (κ2) is 9.48. The molecule has 1 saturated heterocycles. The first-order valence-corrected chi connectivity index (χ1v) is 11.2. The molecule has 0 spiro atoms. The molecular weight excluding hydrogens is 426 g/mol. The number of benzene rings is 2. The molecule has 0 saturated carbocycles. The van der Waals surface area contributed by atoms with Gasteiger partial charge in [0, 0.05) is 32.3 Å².